The van der Waals surface area contributed by atoms with E-state index in [0.29, 0.717) is 29.3 Å². The molecule has 0 radical (unpaired) electrons. The lowest BCUT2D eigenvalue weighted by Crippen LogP contribution is -2.42. The number of Topliss-reactive ketones (excluding diaryl/α,β-unsaturated/α-hetero) is 1. The van der Waals surface area contributed by atoms with Crippen LogP contribution in [-0.4, -0.2) is 27.4 Å². The van der Waals surface area contributed by atoms with E-state index in [9.17, 15) is 19.2 Å². The minimum atomic E-state index is -0.639. The molecule has 1 heterocycles. The fourth-order valence-corrected chi connectivity index (χ4v) is 3.41. The molecule has 0 aliphatic carbocycles. The number of aromatic nitrogens is 2. The summed E-state index contributed by atoms with van der Waals surface area (Å²) in [4.78, 5) is 49.9. The van der Waals surface area contributed by atoms with Crippen LogP contribution in [0.25, 0.3) is 10.8 Å². The predicted molar refractivity (Wildman–Crippen MR) is 121 cm³/mol. The molecule has 1 aromatic heterocycles. The van der Waals surface area contributed by atoms with Crippen LogP contribution in [0.5, 0.6) is 0 Å². The maximum absolute atomic E-state index is 12.7. The van der Waals surface area contributed by atoms with E-state index in [-0.39, 0.29) is 29.9 Å². The van der Waals surface area contributed by atoms with Crippen molar-refractivity contribution >= 4 is 28.4 Å². The van der Waals surface area contributed by atoms with Crippen LogP contribution in [0.15, 0.2) is 47.3 Å². The first kappa shape index (κ1) is 22.9. The Morgan fingerprint density at radius 3 is 2.41 bits per heavy atom. The summed E-state index contributed by atoms with van der Waals surface area (Å²) in [7, 11) is 0. The molecule has 8 nitrogen and oxygen atoms in total. The average molecular weight is 434 g/mol. The van der Waals surface area contributed by atoms with E-state index in [1.807, 2.05) is 32.9 Å². The summed E-state index contributed by atoms with van der Waals surface area (Å²) in [6.45, 7) is 6.03. The maximum atomic E-state index is 12.7. The van der Waals surface area contributed by atoms with Gasteiger partial charge in [-0.05, 0) is 38.0 Å². The van der Waals surface area contributed by atoms with Crippen LogP contribution < -0.4 is 16.4 Å². The number of hydrazine groups is 1. The number of carbonyl (C=O) groups is 3. The molecule has 0 bridgehead atoms. The van der Waals surface area contributed by atoms with Gasteiger partial charge in [0.25, 0.3) is 11.5 Å². The monoisotopic (exact) mass is 434 g/mol. The van der Waals surface area contributed by atoms with E-state index in [1.165, 1.54) is 4.68 Å². The van der Waals surface area contributed by atoms with Gasteiger partial charge < -0.3 is 0 Å². The second-order valence-electron chi connectivity index (χ2n) is 7.67. The van der Waals surface area contributed by atoms with Crippen LogP contribution in [0.4, 0.5) is 0 Å². The van der Waals surface area contributed by atoms with Crippen LogP contribution in [0.2, 0.25) is 0 Å². The highest BCUT2D eigenvalue weighted by Crippen LogP contribution is 2.15. The lowest BCUT2D eigenvalue weighted by atomic mass is 9.99. The van der Waals surface area contributed by atoms with Crippen molar-refractivity contribution < 1.29 is 14.4 Å². The zero-order valence-electron chi connectivity index (χ0n) is 18.4. The Hall–Kier alpha value is -3.81. The summed E-state index contributed by atoms with van der Waals surface area (Å²) in [6, 6.07) is 12.3. The number of rotatable bonds is 7. The molecule has 0 spiro atoms. The van der Waals surface area contributed by atoms with Gasteiger partial charge in [-0.25, -0.2) is 4.68 Å². The zero-order valence-corrected chi connectivity index (χ0v) is 18.4. The molecule has 2 amide bonds. The van der Waals surface area contributed by atoms with E-state index in [2.05, 4.69) is 16.0 Å². The number of fused-ring (bicyclic) bond motifs is 1. The van der Waals surface area contributed by atoms with Crippen LogP contribution >= 0.6 is 0 Å². The summed E-state index contributed by atoms with van der Waals surface area (Å²) in [5, 5.41) is 4.97. The fraction of sp³-hybridized carbons (Fsp3) is 0.292. The van der Waals surface area contributed by atoms with Gasteiger partial charge in [0, 0.05) is 30.3 Å². The van der Waals surface area contributed by atoms with Crippen molar-refractivity contribution in [2.24, 2.45) is 0 Å². The summed E-state index contributed by atoms with van der Waals surface area (Å²) >= 11 is 0. The molecule has 166 valence electrons. The molecule has 0 aliphatic heterocycles. The Morgan fingerprint density at radius 1 is 0.969 bits per heavy atom. The number of amides is 2. The summed E-state index contributed by atoms with van der Waals surface area (Å²) in [5.41, 5.74) is 6.86. The smallest absolute Gasteiger partial charge is 0.290 e. The molecule has 32 heavy (non-hydrogen) atoms. The topological polar surface area (TPSA) is 110 Å². The Labute approximate surface area is 185 Å². The first-order valence-electron chi connectivity index (χ1n) is 10.5. The van der Waals surface area contributed by atoms with Gasteiger partial charge in [0.1, 0.15) is 0 Å². The Balaban J connectivity index is 1.67. The number of nitrogens with one attached hydrogen (secondary N) is 2. The molecule has 2 aromatic carbocycles. The average Bonchev–Trinajstić information content (AvgIpc) is 2.79. The van der Waals surface area contributed by atoms with Crippen molar-refractivity contribution in [3.63, 3.8) is 0 Å². The highest BCUT2D eigenvalue weighted by atomic mass is 16.2. The Bertz CT molecular complexity index is 1250. The number of benzene rings is 2. The molecule has 0 saturated carbocycles. The highest BCUT2D eigenvalue weighted by Gasteiger charge is 2.18. The molecular formula is C24H26N4O4. The van der Waals surface area contributed by atoms with Crippen molar-refractivity contribution in [2.75, 3.05) is 0 Å². The fourth-order valence-electron chi connectivity index (χ4n) is 3.41. The summed E-state index contributed by atoms with van der Waals surface area (Å²) in [5.74, 6) is -1.27. The quantitative estimate of drug-likeness (QED) is 0.439. The SMILES string of the molecule is CCCn1nc(C(=O)NNC(=O)CCC(=O)c2cc(C)ccc2C)c2ccccc2c1=O. The van der Waals surface area contributed by atoms with Crippen molar-refractivity contribution in [3.8, 4) is 0 Å². The third kappa shape index (κ3) is 5.08. The van der Waals surface area contributed by atoms with Crippen molar-refractivity contribution in [3.05, 3.63) is 75.2 Å². The van der Waals surface area contributed by atoms with Gasteiger partial charge >= 0.3 is 0 Å². The van der Waals surface area contributed by atoms with E-state index < -0.39 is 11.8 Å². The normalized spacial score (nSPS) is 10.7. The van der Waals surface area contributed by atoms with Gasteiger partial charge in [0.2, 0.25) is 5.91 Å². The molecule has 2 N–H and O–H groups in total. The van der Waals surface area contributed by atoms with Crippen LogP contribution in [0.3, 0.4) is 0 Å². The van der Waals surface area contributed by atoms with Gasteiger partial charge in [0.15, 0.2) is 11.5 Å². The van der Waals surface area contributed by atoms with E-state index >= 15 is 0 Å². The van der Waals surface area contributed by atoms with Gasteiger partial charge in [-0.1, -0.05) is 42.8 Å². The minimum absolute atomic E-state index is 0.0224. The summed E-state index contributed by atoms with van der Waals surface area (Å²) < 4.78 is 1.25. The minimum Gasteiger partial charge on any atom is -0.294 e. The van der Waals surface area contributed by atoms with Gasteiger partial charge in [-0.3, -0.25) is 30.0 Å². The Morgan fingerprint density at radius 2 is 1.69 bits per heavy atom. The van der Waals surface area contributed by atoms with Crippen molar-refractivity contribution in [1.29, 1.82) is 0 Å². The van der Waals surface area contributed by atoms with E-state index in [1.54, 1.807) is 30.3 Å². The van der Waals surface area contributed by atoms with Crippen LogP contribution in [-0.2, 0) is 11.3 Å². The second-order valence-corrected chi connectivity index (χ2v) is 7.67. The first-order chi connectivity index (χ1) is 15.3. The number of ketones is 1. The van der Waals surface area contributed by atoms with Crippen molar-refractivity contribution in [1.82, 2.24) is 20.6 Å². The van der Waals surface area contributed by atoms with Crippen molar-refractivity contribution in [2.45, 2.75) is 46.6 Å². The molecule has 0 saturated heterocycles. The number of hydrogen-bond acceptors (Lipinski definition) is 5. The molecular weight excluding hydrogens is 408 g/mol. The molecule has 0 atom stereocenters. The second kappa shape index (κ2) is 10.00. The lowest BCUT2D eigenvalue weighted by Gasteiger charge is -2.11. The van der Waals surface area contributed by atoms with Crippen LogP contribution in [0, 0.1) is 13.8 Å². The molecule has 3 aromatic rings. The molecule has 0 aliphatic rings. The number of nitrogens with zero attached hydrogens (tertiary/aromatic N) is 2. The summed E-state index contributed by atoms with van der Waals surface area (Å²) in [6.07, 6.45) is 0.627. The largest absolute Gasteiger partial charge is 0.294 e. The number of aryl methyl sites for hydroxylation is 3. The standard InChI is InChI=1S/C24H26N4O4/c1-4-13-28-24(32)18-8-6-5-7-17(18)22(27-28)23(31)26-25-21(30)12-11-20(29)19-14-15(2)9-10-16(19)3/h5-10,14H,4,11-13H2,1-3H3,(H,25,30)(H,26,31). The Kier molecular flexibility index (Phi) is 7.14. The first-order valence-corrected chi connectivity index (χ1v) is 10.5. The van der Waals surface area contributed by atoms with E-state index in [0.717, 1.165) is 11.1 Å². The molecule has 3 rings (SSSR count). The third-order valence-corrected chi connectivity index (χ3v) is 5.11. The molecule has 0 unspecified atom stereocenters. The van der Waals surface area contributed by atoms with Crippen LogP contribution in [0.1, 0.15) is 58.2 Å². The molecule has 8 heteroatoms. The molecule has 0 fully saturated rings. The van der Waals surface area contributed by atoms with Gasteiger partial charge in [0.05, 0.1) is 5.39 Å². The third-order valence-electron chi connectivity index (χ3n) is 5.11. The van der Waals surface area contributed by atoms with E-state index in [4.69, 9.17) is 0 Å². The zero-order chi connectivity index (χ0) is 23.3. The van der Waals surface area contributed by atoms with Gasteiger partial charge in [-0.15, -0.1) is 0 Å². The highest BCUT2D eigenvalue weighted by molar-refractivity contribution is 6.05. The number of hydrogen-bond donors (Lipinski definition) is 2. The maximum Gasteiger partial charge on any atom is 0.290 e. The van der Waals surface area contributed by atoms with Gasteiger partial charge in [-0.2, -0.15) is 5.10 Å². The lowest BCUT2D eigenvalue weighted by molar-refractivity contribution is -0.121. The predicted octanol–water partition coefficient (Wildman–Crippen LogP) is 2.85. The number of carbonyl (C=O) groups excluding carboxylic acids is 3.